The Morgan fingerprint density at radius 2 is 2.05 bits per heavy atom. The van der Waals surface area contributed by atoms with Gasteiger partial charge in [-0.1, -0.05) is 12.1 Å². The van der Waals surface area contributed by atoms with E-state index in [0.717, 1.165) is 22.6 Å². The van der Waals surface area contributed by atoms with E-state index in [1.54, 1.807) is 17.4 Å². The zero-order valence-corrected chi connectivity index (χ0v) is 11.7. The third-order valence-corrected chi connectivity index (χ3v) is 3.67. The van der Waals surface area contributed by atoms with Gasteiger partial charge < -0.3 is 5.32 Å². The van der Waals surface area contributed by atoms with Crippen LogP contribution in [0.4, 0.5) is 5.69 Å². The van der Waals surface area contributed by atoms with E-state index >= 15 is 0 Å². The lowest BCUT2D eigenvalue weighted by molar-refractivity contribution is 0.850. The lowest BCUT2D eigenvalue weighted by Crippen LogP contribution is -2.06. The minimum absolute atomic E-state index is 0.126. The third-order valence-electron chi connectivity index (χ3n) is 3.07. The molecule has 0 bridgehead atoms. The third kappa shape index (κ3) is 2.65. The average Bonchev–Trinajstić information content (AvgIpc) is 3.10. The van der Waals surface area contributed by atoms with E-state index in [1.165, 1.54) is 0 Å². The number of anilines is 1. The maximum Gasteiger partial charge on any atom is 0.264 e. The molecule has 2 aromatic heterocycles. The van der Waals surface area contributed by atoms with Gasteiger partial charge in [0.1, 0.15) is 0 Å². The summed E-state index contributed by atoms with van der Waals surface area (Å²) in [6.07, 6.45) is 0. The molecule has 3 rings (SSSR count). The van der Waals surface area contributed by atoms with Gasteiger partial charge in [-0.05, 0) is 24.6 Å². The SMILES string of the molecule is CC(Nc1ccc(-c2cc(=O)[nH][nH]2)cc1)c1cscn1. The molecule has 3 aromatic rings. The second-order valence-corrected chi connectivity index (χ2v) is 5.25. The summed E-state index contributed by atoms with van der Waals surface area (Å²) in [6.45, 7) is 2.08. The number of benzene rings is 1. The molecule has 0 radical (unpaired) electrons. The summed E-state index contributed by atoms with van der Waals surface area (Å²) in [5.41, 5.74) is 5.52. The Hall–Kier alpha value is -2.34. The number of nitrogens with zero attached hydrogens (tertiary/aromatic N) is 1. The van der Waals surface area contributed by atoms with E-state index in [4.69, 9.17) is 0 Å². The first kappa shape index (κ1) is 12.7. The molecule has 1 aromatic carbocycles. The number of hydrogen-bond acceptors (Lipinski definition) is 4. The molecule has 0 spiro atoms. The van der Waals surface area contributed by atoms with Crippen LogP contribution in [0.25, 0.3) is 11.3 Å². The Morgan fingerprint density at radius 3 is 2.65 bits per heavy atom. The van der Waals surface area contributed by atoms with Crippen molar-refractivity contribution in [2.45, 2.75) is 13.0 Å². The molecule has 102 valence electrons. The van der Waals surface area contributed by atoms with Gasteiger partial charge in [0, 0.05) is 17.1 Å². The molecule has 0 aliphatic heterocycles. The fraction of sp³-hybridized carbons (Fsp3) is 0.143. The first-order valence-electron chi connectivity index (χ1n) is 6.25. The zero-order valence-electron chi connectivity index (χ0n) is 10.9. The minimum Gasteiger partial charge on any atom is -0.377 e. The molecule has 0 aliphatic rings. The largest absolute Gasteiger partial charge is 0.377 e. The Morgan fingerprint density at radius 1 is 1.25 bits per heavy atom. The van der Waals surface area contributed by atoms with E-state index in [-0.39, 0.29) is 11.6 Å². The molecule has 20 heavy (non-hydrogen) atoms. The summed E-state index contributed by atoms with van der Waals surface area (Å²) in [5, 5.41) is 10.8. The summed E-state index contributed by atoms with van der Waals surface area (Å²) in [6, 6.07) is 9.62. The van der Waals surface area contributed by atoms with Gasteiger partial charge in [-0.25, -0.2) is 4.98 Å². The van der Waals surface area contributed by atoms with Gasteiger partial charge in [-0.2, -0.15) is 0 Å². The highest BCUT2D eigenvalue weighted by Crippen LogP contribution is 2.22. The van der Waals surface area contributed by atoms with Gasteiger partial charge in [-0.3, -0.25) is 15.0 Å². The van der Waals surface area contributed by atoms with Gasteiger partial charge in [0.05, 0.1) is 22.9 Å². The molecule has 5 nitrogen and oxygen atoms in total. The van der Waals surface area contributed by atoms with E-state index in [2.05, 4.69) is 27.4 Å². The number of aromatic nitrogens is 3. The van der Waals surface area contributed by atoms with Crippen LogP contribution in [0.5, 0.6) is 0 Å². The quantitative estimate of drug-likeness (QED) is 0.690. The number of hydrogen-bond donors (Lipinski definition) is 3. The first-order chi connectivity index (χ1) is 9.72. The van der Waals surface area contributed by atoms with Crippen LogP contribution in [0.1, 0.15) is 18.7 Å². The van der Waals surface area contributed by atoms with Crippen molar-refractivity contribution in [3.63, 3.8) is 0 Å². The van der Waals surface area contributed by atoms with E-state index < -0.39 is 0 Å². The van der Waals surface area contributed by atoms with Crippen molar-refractivity contribution in [3.05, 3.63) is 57.3 Å². The molecular weight excluding hydrogens is 272 g/mol. The first-order valence-corrected chi connectivity index (χ1v) is 7.19. The van der Waals surface area contributed by atoms with Gasteiger partial charge >= 0.3 is 0 Å². The second kappa shape index (κ2) is 5.34. The number of thiazole rings is 1. The molecule has 0 aliphatic carbocycles. The maximum atomic E-state index is 11.1. The van der Waals surface area contributed by atoms with Crippen LogP contribution in [-0.4, -0.2) is 15.2 Å². The molecule has 0 saturated heterocycles. The molecule has 1 unspecified atom stereocenters. The number of aromatic amines is 2. The smallest absolute Gasteiger partial charge is 0.264 e. The molecular formula is C14H14N4OS. The normalized spacial score (nSPS) is 12.2. The van der Waals surface area contributed by atoms with E-state index in [1.807, 2.05) is 35.2 Å². The molecule has 1 atom stereocenters. The van der Waals surface area contributed by atoms with Crippen LogP contribution in [0.15, 0.2) is 46.0 Å². The summed E-state index contributed by atoms with van der Waals surface area (Å²) < 4.78 is 0. The van der Waals surface area contributed by atoms with Crippen molar-refractivity contribution in [2.75, 3.05) is 5.32 Å². The van der Waals surface area contributed by atoms with Crippen molar-refractivity contribution in [1.82, 2.24) is 15.2 Å². The van der Waals surface area contributed by atoms with Crippen LogP contribution in [0, 0.1) is 0 Å². The highest BCUT2D eigenvalue weighted by Gasteiger charge is 2.07. The highest BCUT2D eigenvalue weighted by atomic mass is 32.1. The van der Waals surface area contributed by atoms with Crippen LogP contribution >= 0.6 is 11.3 Å². The van der Waals surface area contributed by atoms with Crippen molar-refractivity contribution in [3.8, 4) is 11.3 Å². The predicted octanol–water partition coefficient (Wildman–Crippen LogP) is 3.00. The lowest BCUT2D eigenvalue weighted by atomic mass is 10.1. The summed E-state index contributed by atoms with van der Waals surface area (Å²) in [5.74, 6) is 0. The topological polar surface area (TPSA) is 73.6 Å². The maximum absolute atomic E-state index is 11.1. The Labute approximate surface area is 119 Å². The Kier molecular flexibility index (Phi) is 3.39. The fourth-order valence-corrected chi connectivity index (χ4v) is 2.64. The second-order valence-electron chi connectivity index (χ2n) is 4.53. The standard InChI is InChI=1S/C14H14N4OS/c1-9(13-7-20-8-15-13)16-11-4-2-10(3-5-11)12-6-14(19)18-17-12/h2-9,16H,1H3,(H2,17,18,19). The summed E-state index contributed by atoms with van der Waals surface area (Å²) in [4.78, 5) is 15.4. The fourth-order valence-electron chi connectivity index (χ4n) is 1.99. The number of nitrogens with one attached hydrogen (secondary N) is 3. The molecule has 0 saturated carbocycles. The average molecular weight is 286 g/mol. The summed E-state index contributed by atoms with van der Waals surface area (Å²) in [7, 11) is 0. The van der Waals surface area contributed by atoms with Gasteiger partial charge in [0.2, 0.25) is 0 Å². The summed E-state index contributed by atoms with van der Waals surface area (Å²) >= 11 is 1.59. The van der Waals surface area contributed by atoms with Crippen LogP contribution < -0.4 is 10.9 Å². The van der Waals surface area contributed by atoms with Gasteiger partial charge in [0.15, 0.2) is 0 Å². The van der Waals surface area contributed by atoms with E-state index in [9.17, 15) is 4.79 Å². The minimum atomic E-state index is -0.126. The van der Waals surface area contributed by atoms with Crippen LogP contribution in [0.3, 0.4) is 0 Å². The van der Waals surface area contributed by atoms with Crippen molar-refractivity contribution >= 4 is 17.0 Å². The van der Waals surface area contributed by atoms with Crippen molar-refractivity contribution < 1.29 is 0 Å². The predicted molar refractivity (Wildman–Crippen MR) is 81.0 cm³/mol. The molecule has 2 heterocycles. The molecule has 0 amide bonds. The Balaban J connectivity index is 1.75. The number of H-pyrrole nitrogens is 2. The number of rotatable bonds is 4. The molecule has 3 N–H and O–H groups in total. The molecule has 0 fully saturated rings. The van der Waals surface area contributed by atoms with Crippen molar-refractivity contribution in [1.29, 1.82) is 0 Å². The van der Waals surface area contributed by atoms with Crippen LogP contribution in [-0.2, 0) is 0 Å². The Bertz CT molecular complexity index is 727. The lowest BCUT2D eigenvalue weighted by Gasteiger charge is -2.13. The monoisotopic (exact) mass is 286 g/mol. The highest BCUT2D eigenvalue weighted by molar-refractivity contribution is 7.07. The van der Waals surface area contributed by atoms with E-state index in [0.29, 0.717) is 0 Å². The molecule has 6 heteroatoms. The van der Waals surface area contributed by atoms with Gasteiger partial charge in [0.25, 0.3) is 5.56 Å². The van der Waals surface area contributed by atoms with Crippen LogP contribution in [0.2, 0.25) is 0 Å². The van der Waals surface area contributed by atoms with Crippen molar-refractivity contribution in [2.24, 2.45) is 0 Å². The van der Waals surface area contributed by atoms with Gasteiger partial charge in [-0.15, -0.1) is 11.3 Å². The zero-order chi connectivity index (χ0) is 13.9.